The first-order chi connectivity index (χ1) is 14.4. The predicted molar refractivity (Wildman–Crippen MR) is 114 cm³/mol. The van der Waals surface area contributed by atoms with Crippen molar-refractivity contribution in [2.24, 2.45) is 0 Å². The molecule has 0 bridgehead atoms. The van der Waals surface area contributed by atoms with Crippen LogP contribution < -0.4 is 0 Å². The first-order valence-corrected chi connectivity index (χ1v) is 11.7. The van der Waals surface area contributed by atoms with Gasteiger partial charge in [-0.05, 0) is 48.6 Å². The Kier molecular flexibility index (Phi) is 5.72. The van der Waals surface area contributed by atoms with Gasteiger partial charge in [-0.1, -0.05) is 30.3 Å². The molecule has 1 aliphatic carbocycles. The van der Waals surface area contributed by atoms with Gasteiger partial charge >= 0.3 is 0 Å². The molecule has 154 valence electrons. The largest absolute Gasteiger partial charge is 0.299 e. The number of hydrogen-bond donors (Lipinski definition) is 0. The Morgan fingerprint density at radius 2 is 1.83 bits per heavy atom. The summed E-state index contributed by atoms with van der Waals surface area (Å²) in [6, 6.07) is 13.4. The molecule has 0 saturated heterocycles. The van der Waals surface area contributed by atoms with Crippen molar-refractivity contribution in [3.8, 4) is 11.1 Å². The second-order valence-corrected chi connectivity index (χ2v) is 9.99. The van der Waals surface area contributed by atoms with E-state index in [0.717, 1.165) is 29.5 Å². The zero-order chi connectivity index (χ0) is 21.1. The number of Topliss-reactive ketones (excluding diaryl/α,β-unsaturated/α-hetero) is 1. The van der Waals surface area contributed by atoms with E-state index in [4.69, 9.17) is 0 Å². The Labute approximate surface area is 176 Å². The number of carbonyl (C=O) groups excluding carboxylic acids is 1. The highest BCUT2D eigenvalue weighted by Gasteiger charge is 2.36. The zero-order valence-corrected chi connectivity index (χ0v) is 17.5. The second-order valence-electron chi connectivity index (χ2n) is 7.71. The van der Waals surface area contributed by atoms with Crippen molar-refractivity contribution in [3.05, 3.63) is 78.1 Å². The summed E-state index contributed by atoms with van der Waals surface area (Å²) >= 11 is 0. The third kappa shape index (κ3) is 4.79. The minimum Gasteiger partial charge on any atom is -0.299 e. The van der Waals surface area contributed by atoms with E-state index in [9.17, 15) is 13.2 Å². The van der Waals surface area contributed by atoms with Crippen LogP contribution in [0.3, 0.4) is 0 Å². The van der Waals surface area contributed by atoms with E-state index in [2.05, 4.69) is 15.0 Å². The highest BCUT2D eigenvalue weighted by atomic mass is 32.2. The Balaban J connectivity index is 1.43. The van der Waals surface area contributed by atoms with Crippen LogP contribution in [0, 0.1) is 0 Å². The Hall–Kier alpha value is -2.93. The van der Waals surface area contributed by atoms with Gasteiger partial charge in [-0.25, -0.2) is 18.4 Å². The molecule has 0 spiro atoms. The van der Waals surface area contributed by atoms with E-state index in [0.29, 0.717) is 5.69 Å². The standard InChI is InChI=1S/C23H23N3O3S/c1-16(21-10-12-25-23(26-21)15-30(28,29)20-8-9-20)22(27)13-17-4-6-18(7-5-17)19-3-2-11-24-14-19/h2-7,10-12,14,16,20H,8-9,13,15H2,1H3. The van der Waals surface area contributed by atoms with Crippen molar-refractivity contribution in [2.75, 3.05) is 0 Å². The van der Waals surface area contributed by atoms with Crippen LogP contribution >= 0.6 is 0 Å². The predicted octanol–water partition coefficient (Wildman–Crippen LogP) is 3.53. The number of aromatic nitrogens is 3. The molecule has 2 aromatic heterocycles. The average molecular weight is 422 g/mol. The van der Waals surface area contributed by atoms with Crippen molar-refractivity contribution in [2.45, 2.75) is 43.1 Å². The summed E-state index contributed by atoms with van der Waals surface area (Å²) in [7, 11) is -3.19. The summed E-state index contributed by atoms with van der Waals surface area (Å²) in [5.41, 5.74) is 3.55. The van der Waals surface area contributed by atoms with Gasteiger partial charge < -0.3 is 0 Å². The molecule has 0 amide bonds. The van der Waals surface area contributed by atoms with Crippen molar-refractivity contribution in [1.29, 1.82) is 0 Å². The van der Waals surface area contributed by atoms with Gasteiger partial charge in [-0.3, -0.25) is 9.78 Å². The summed E-state index contributed by atoms with van der Waals surface area (Å²) in [5, 5.41) is -0.251. The second kappa shape index (κ2) is 8.44. The number of sulfone groups is 1. The minimum absolute atomic E-state index is 0.0267. The van der Waals surface area contributed by atoms with Gasteiger partial charge in [0.2, 0.25) is 0 Å². The lowest BCUT2D eigenvalue weighted by Gasteiger charge is -2.12. The quantitative estimate of drug-likeness (QED) is 0.553. The van der Waals surface area contributed by atoms with E-state index in [1.807, 2.05) is 36.4 Å². The maximum Gasteiger partial charge on any atom is 0.160 e. The summed E-state index contributed by atoms with van der Waals surface area (Å²) in [5.74, 6) is -0.311. The van der Waals surface area contributed by atoms with E-state index >= 15 is 0 Å². The molecule has 30 heavy (non-hydrogen) atoms. The molecule has 0 N–H and O–H groups in total. The molecule has 1 aliphatic rings. The molecule has 6 nitrogen and oxygen atoms in total. The van der Waals surface area contributed by atoms with Crippen LogP contribution in [0.1, 0.15) is 42.8 Å². The van der Waals surface area contributed by atoms with E-state index in [1.54, 1.807) is 25.4 Å². The normalized spacial score (nSPS) is 15.0. The molecule has 1 aromatic carbocycles. The third-order valence-electron chi connectivity index (χ3n) is 5.34. The first-order valence-electron chi connectivity index (χ1n) is 9.98. The van der Waals surface area contributed by atoms with E-state index < -0.39 is 15.8 Å². The Morgan fingerprint density at radius 3 is 2.50 bits per heavy atom. The lowest BCUT2D eigenvalue weighted by atomic mass is 9.95. The van der Waals surface area contributed by atoms with Crippen LogP contribution in [0.25, 0.3) is 11.1 Å². The number of nitrogens with zero attached hydrogens (tertiary/aromatic N) is 3. The van der Waals surface area contributed by atoms with Gasteiger partial charge in [0.15, 0.2) is 9.84 Å². The monoisotopic (exact) mass is 421 g/mol. The summed E-state index contributed by atoms with van der Waals surface area (Å²) in [6.07, 6.45) is 6.80. The Bertz CT molecular complexity index is 1140. The molecule has 2 heterocycles. The molecule has 0 aliphatic heterocycles. The SMILES string of the molecule is CC(C(=O)Cc1ccc(-c2cccnc2)cc1)c1ccnc(CS(=O)(=O)C2CC2)n1. The first kappa shape index (κ1) is 20.3. The molecule has 4 rings (SSSR count). The number of carbonyl (C=O) groups is 1. The van der Waals surface area contributed by atoms with E-state index in [-0.39, 0.29) is 29.0 Å². The summed E-state index contributed by atoms with van der Waals surface area (Å²) in [6.45, 7) is 1.80. The fourth-order valence-electron chi connectivity index (χ4n) is 3.32. The van der Waals surface area contributed by atoms with Crippen LogP contribution in [0.5, 0.6) is 0 Å². The molecule has 1 fully saturated rings. The number of ketones is 1. The smallest absolute Gasteiger partial charge is 0.160 e. The number of hydrogen-bond acceptors (Lipinski definition) is 6. The highest BCUT2D eigenvalue weighted by molar-refractivity contribution is 7.91. The van der Waals surface area contributed by atoms with Crippen LogP contribution in [-0.4, -0.2) is 34.4 Å². The molecule has 7 heteroatoms. The topological polar surface area (TPSA) is 89.9 Å². The van der Waals surface area contributed by atoms with Gasteiger partial charge in [-0.2, -0.15) is 0 Å². The fraction of sp³-hybridized carbons (Fsp3) is 0.304. The van der Waals surface area contributed by atoms with E-state index in [1.165, 1.54) is 6.20 Å². The third-order valence-corrected chi connectivity index (χ3v) is 7.49. The molecule has 1 atom stereocenters. The summed E-state index contributed by atoms with van der Waals surface area (Å²) in [4.78, 5) is 25.4. The zero-order valence-electron chi connectivity index (χ0n) is 16.7. The van der Waals surface area contributed by atoms with Crippen molar-refractivity contribution in [3.63, 3.8) is 0 Å². The van der Waals surface area contributed by atoms with Gasteiger partial charge in [0.25, 0.3) is 0 Å². The van der Waals surface area contributed by atoms with Crippen LogP contribution in [0.15, 0.2) is 61.1 Å². The van der Waals surface area contributed by atoms with Gasteiger partial charge in [0.1, 0.15) is 17.4 Å². The summed E-state index contributed by atoms with van der Waals surface area (Å²) < 4.78 is 24.4. The molecule has 0 radical (unpaired) electrons. The maximum atomic E-state index is 12.8. The lowest BCUT2D eigenvalue weighted by Crippen LogP contribution is -2.16. The number of rotatable bonds is 8. The molecular formula is C23H23N3O3S. The number of benzene rings is 1. The van der Waals surface area contributed by atoms with Crippen LogP contribution in [0.4, 0.5) is 0 Å². The van der Waals surface area contributed by atoms with Crippen molar-refractivity contribution in [1.82, 2.24) is 15.0 Å². The van der Waals surface area contributed by atoms with Crippen molar-refractivity contribution < 1.29 is 13.2 Å². The molecule has 3 aromatic rings. The lowest BCUT2D eigenvalue weighted by molar-refractivity contribution is -0.119. The number of pyridine rings is 1. The van der Waals surface area contributed by atoms with Crippen molar-refractivity contribution >= 4 is 15.6 Å². The van der Waals surface area contributed by atoms with Gasteiger partial charge in [0.05, 0.1) is 16.9 Å². The molecule has 1 saturated carbocycles. The molecular weight excluding hydrogens is 398 g/mol. The Morgan fingerprint density at radius 1 is 1.07 bits per heavy atom. The van der Waals surface area contributed by atoms with Gasteiger partial charge in [0, 0.05) is 25.0 Å². The average Bonchev–Trinajstić information content (AvgIpc) is 3.60. The van der Waals surface area contributed by atoms with Crippen LogP contribution in [0.2, 0.25) is 0 Å². The highest BCUT2D eigenvalue weighted by Crippen LogP contribution is 2.30. The fourth-order valence-corrected chi connectivity index (χ4v) is 4.91. The van der Waals surface area contributed by atoms with Crippen LogP contribution in [-0.2, 0) is 26.8 Å². The minimum atomic E-state index is -3.19. The maximum absolute atomic E-state index is 12.8. The van der Waals surface area contributed by atoms with Gasteiger partial charge in [-0.15, -0.1) is 0 Å². The molecule has 1 unspecified atom stereocenters.